The van der Waals surface area contributed by atoms with Crippen LogP contribution in [0, 0.1) is 0 Å². The van der Waals surface area contributed by atoms with E-state index in [1.807, 2.05) is 24.3 Å². The lowest BCUT2D eigenvalue weighted by molar-refractivity contribution is 0.185. The number of halogens is 1. The van der Waals surface area contributed by atoms with Crippen molar-refractivity contribution in [2.75, 3.05) is 17.7 Å². The topological polar surface area (TPSA) is 50.4 Å². The molecule has 2 aromatic rings. The highest BCUT2D eigenvalue weighted by Gasteiger charge is 2.02. The van der Waals surface area contributed by atoms with E-state index < -0.39 is 0 Å². The quantitative estimate of drug-likeness (QED) is 0.889. The second-order valence-corrected chi connectivity index (χ2v) is 4.65. The fourth-order valence-electron chi connectivity index (χ4n) is 1.68. The molecule has 0 aliphatic carbocycles. The van der Waals surface area contributed by atoms with Gasteiger partial charge in [-0.15, -0.1) is 0 Å². The highest BCUT2D eigenvalue weighted by molar-refractivity contribution is 6.30. The van der Waals surface area contributed by atoms with Crippen molar-refractivity contribution in [2.24, 2.45) is 0 Å². The summed E-state index contributed by atoms with van der Waals surface area (Å²) in [7, 11) is 1.64. The predicted molar refractivity (Wildman–Crippen MR) is 81.2 cm³/mol. The van der Waals surface area contributed by atoms with Crippen LogP contribution >= 0.6 is 11.6 Å². The third-order valence-corrected chi connectivity index (χ3v) is 2.88. The predicted octanol–water partition coefficient (Wildman–Crippen LogP) is 4.13. The van der Waals surface area contributed by atoms with Gasteiger partial charge < -0.3 is 15.4 Å². The molecule has 104 valence electrons. The zero-order valence-corrected chi connectivity index (χ0v) is 11.8. The number of hydrogen-bond acceptors (Lipinski definition) is 2. The Balaban J connectivity index is 1.92. The van der Waals surface area contributed by atoms with Gasteiger partial charge in [0.25, 0.3) is 0 Å². The van der Waals surface area contributed by atoms with Crippen molar-refractivity contribution in [2.45, 2.75) is 6.61 Å². The van der Waals surface area contributed by atoms with Crippen molar-refractivity contribution in [3.63, 3.8) is 0 Å². The van der Waals surface area contributed by atoms with E-state index in [9.17, 15) is 4.79 Å². The Morgan fingerprint density at radius 3 is 2.00 bits per heavy atom. The summed E-state index contributed by atoms with van der Waals surface area (Å²) in [6.45, 7) is 0.553. The van der Waals surface area contributed by atoms with Gasteiger partial charge in [0.2, 0.25) is 0 Å². The molecule has 5 heteroatoms. The molecule has 0 spiro atoms. The number of carbonyl (C=O) groups excluding carboxylic acids is 1. The van der Waals surface area contributed by atoms with Crippen molar-refractivity contribution in [1.29, 1.82) is 0 Å². The molecule has 0 fully saturated rings. The zero-order chi connectivity index (χ0) is 14.4. The Labute approximate surface area is 122 Å². The summed E-state index contributed by atoms with van der Waals surface area (Å²) in [6, 6.07) is 14.1. The van der Waals surface area contributed by atoms with Gasteiger partial charge in [-0.25, -0.2) is 4.79 Å². The van der Waals surface area contributed by atoms with Gasteiger partial charge in [-0.05, 0) is 42.0 Å². The lowest BCUT2D eigenvalue weighted by atomic mass is 10.2. The molecule has 4 nitrogen and oxygen atoms in total. The average molecular weight is 291 g/mol. The van der Waals surface area contributed by atoms with Crippen LogP contribution in [0.1, 0.15) is 5.56 Å². The Morgan fingerprint density at radius 1 is 1.00 bits per heavy atom. The van der Waals surface area contributed by atoms with Crippen LogP contribution < -0.4 is 10.6 Å². The number of hydrogen-bond donors (Lipinski definition) is 2. The van der Waals surface area contributed by atoms with Gasteiger partial charge >= 0.3 is 6.03 Å². The Kier molecular flexibility index (Phi) is 4.98. The molecule has 0 aromatic heterocycles. The van der Waals surface area contributed by atoms with Gasteiger partial charge in [0.05, 0.1) is 6.61 Å². The molecule has 2 rings (SSSR count). The number of nitrogens with one attached hydrogen (secondary N) is 2. The van der Waals surface area contributed by atoms with Gasteiger partial charge in [-0.1, -0.05) is 23.7 Å². The summed E-state index contributed by atoms with van der Waals surface area (Å²) in [5.74, 6) is 0. The molecule has 20 heavy (non-hydrogen) atoms. The van der Waals surface area contributed by atoms with Gasteiger partial charge in [0.15, 0.2) is 0 Å². The van der Waals surface area contributed by atoms with Gasteiger partial charge in [0.1, 0.15) is 0 Å². The molecule has 0 atom stereocenters. The maximum absolute atomic E-state index is 11.8. The van der Waals surface area contributed by atoms with Crippen molar-refractivity contribution >= 4 is 29.0 Å². The van der Waals surface area contributed by atoms with E-state index >= 15 is 0 Å². The van der Waals surface area contributed by atoms with Crippen LogP contribution in [0.4, 0.5) is 16.2 Å². The first-order chi connectivity index (χ1) is 9.67. The lowest BCUT2D eigenvalue weighted by Crippen LogP contribution is -2.19. The highest BCUT2D eigenvalue weighted by Crippen LogP contribution is 2.14. The molecule has 0 saturated carbocycles. The number of anilines is 2. The Morgan fingerprint density at radius 2 is 1.50 bits per heavy atom. The molecule has 2 N–H and O–H groups in total. The number of amides is 2. The number of methoxy groups -OCH3 is 1. The average Bonchev–Trinajstić information content (AvgIpc) is 2.44. The van der Waals surface area contributed by atoms with Crippen LogP contribution in [0.5, 0.6) is 0 Å². The van der Waals surface area contributed by atoms with Gasteiger partial charge in [0, 0.05) is 23.5 Å². The minimum Gasteiger partial charge on any atom is -0.380 e. The standard InChI is InChI=1S/C15H15ClN2O2/c1-20-10-11-2-6-13(7-3-11)17-15(19)18-14-8-4-12(16)5-9-14/h2-9H,10H2,1H3,(H2,17,18,19). The van der Waals surface area contributed by atoms with Crippen LogP contribution in [0.15, 0.2) is 48.5 Å². The fourth-order valence-corrected chi connectivity index (χ4v) is 1.80. The molecule has 2 aromatic carbocycles. The summed E-state index contributed by atoms with van der Waals surface area (Å²) in [4.78, 5) is 11.8. The van der Waals surface area contributed by atoms with Crippen LogP contribution in [-0.4, -0.2) is 13.1 Å². The maximum atomic E-state index is 11.8. The number of ether oxygens (including phenoxy) is 1. The molecule has 0 bridgehead atoms. The molecular formula is C15H15ClN2O2. The second-order valence-electron chi connectivity index (χ2n) is 4.22. The first kappa shape index (κ1) is 14.4. The Hall–Kier alpha value is -2.04. The largest absolute Gasteiger partial charge is 0.380 e. The Bertz CT molecular complexity index is 567. The first-order valence-electron chi connectivity index (χ1n) is 6.09. The van der Waals surface area contributed by atoms with Gasteiger partial charge in [-0.2, -0.15) is 0 Å². The van der Waals surface area contributed by atoms with Crippen LogP contribution in [0.2, 0.25) is 5.02 Å². The molecule has 0 radical (unpaired) electrons. The van der Waals surface area contributed by atoms with E-state index in [0.717, 1.165) is 11.3 Å². The zero-order valence-electron chi connectivity index (χ0n) is 11.0. The van der Waals surface area contributed by atoms with E-state index in [-0.39, 0.29) is 6.03 Å². The fraction of sp³-hybridized carbons (Fsp3) is 0.133. The van der Waals surface area contributed by atoms with Crippen LogP contribution in [0.3, 0.4) is 0 Å². The van der Waals surface area contributed by atoms with E-state index in [1.54, 1.807) is 31.4 Å². The molecule has 0 saturated heterocycles. The smallest absolute Gasteiger partial charge is 0.323 e. The third kappa shape index (κ3) is 4.26. The lowest BCUT2D eigenvalue weighted by Gasteiger charge is -2.08. The molecule has 0 aliphatic rings. The molecule has 2 amide bonds. The molecule has 0 aliphatic heterocycles. The summed E-state index contributed by atoms with van der Waals surface area (Å²) >= 11 is 5.78. The minimum atomic E-state index is -0.299. The van der Waals surface area contributed by atoms with Crippen LogP contribution in [-0.2, 0) is 11.3 Å². The number of carbonyl (C=O) groups is 1. The normalized spacial score (nSPS) is 10.1. The van der Waals surface area contributed by atoms with Crippen LogP contribution in [0.25, 0.3) is 0 Å². The first-order valence-corrected chi connectivity index (χ1v) is 6.46. The van der Waals surface area contributed by atoms with Crippen molar-refractivity contribution < 1.29 is 9.53 Å². The van der Waals surface area contributed by atoms with E-state index in [0.29, 0.717) is 17.3 Å². The molecule has 0 unspecified atom stereocenters. The number of urea groups is 1. The van der Waals surface area contributed by atoms with Crippen molar-refractivity contribution in [1.82, 2.24) is 0 Å². The molecular weight excluding hydrogens is 276 g/mol. The third-order valence-electron chi connectivity index (χ3n) is 2.62. The SMILES string of the molecule is COCc1ccc(NC(=O)Nc2ccc(Cl)cc2)cc1. The highest BCUT2D eigenvalue weighted by atomic mass is 35.5. The maximum Gasteiger partial charge on any atom is 0.323 e. The van der Waals surface area contributed by atoms with E-state index in [2.05, 4.69) is 10.6 Å². The summed E-state index contributed by atoms with van der Waals surface area (Å²) in [5.41, 5.74) is 2.45. The van der Waals surface area contributed by atoms with Gasteiger partial charge in [-0.3, -0.25) is 0 Å². The molecule has 0 heterocycles. The number of benzene rings is 2. The van der Waals surface area contributed by atoms with E-state index in [4.69, 9.17) is 16.3 Å². The van der Waals surface area contributed by atoms with E-state index in [1.165, 1.54) is 0 Å². The second kappa shape index (κ2) is 6.93. The minimum absolute atomic E-state index is 0.299. The summed E-state index contributed by atoms with van der Waals surface area (Å²) < 4.78 is 5.03. The van der Waals surface area contributed by atoms with Crippen molar-refractivity contribution in [3.8, 4) is 0 Å². The summed E-state index contributed by atoms with van der Waals surface area (Å²) in [6.07, 6.45) is 0. The number of rotatable bonds is 4. The monoisotopic (exact) mass is 290 g/mol. The van der Waals surface area contributed by atoms with Crippen molar-refractivity contribution in [3.05, 3.63) is 59.1 Å². The summed E-state index contributed by atoms with van der Waals surface area (Å²) in [5, 5.41) is 6.10.